The van der Waals surface area contributed by atoms with Crippen molar-refractivity contribution in [3.05, 3.63) is 24.3 Å². The Morgan fingerprint density at radius 2 is 2.05 bits per heavy atom. The van der Waals surface area contributed by atoms with E-state index in [2.05, 4.69) is 5.32 Å². The number of amides is 2. The first kappa shape index (κ1) is 14.8. The SMILES string of the molecule is CN(C(=O)NCC(C)(O)C(=O)O)c1cccc(O)c1. The molecule has 0 spiro atoms. The van der Waals surface area contributed by atoms with Crippen molar-refractivity contribution in [2.24, 2.45) is 0 Å². The predicted octanol–water partition coefficient (Wildman–Crippen LogP) is 0.374. The third-order valence-electron chi connectivity index (χ3n) is 2.57. The third kappa shape index (κ3) is 3.85. The van der Waals surface area contributed by atoms with Crippen LogP contribution in [0.1, 0.15) is 6.92 Å². The van der Waals surface area contributed by atoms with Crippen molar-refractivity contribution in [3.8, 4) is 5.75 Å². The van der Waals surface area contributed by atoms with Gasteiger partial charge in [-0.05, 0) is 19.1 Å². The molecule has 1 rings (SSSR count). The van der Waals surface area contributed by atoms with Crippen molar-refractivity contribution in [1.82, 2.24) is 5.32 Å². The average Bonchev–Trinajstić information content (AvgIpc) is 2.35. The summed E-state index contributed by atoms with van der Waals surface area (Å²) in [5.41, 5.74) is -1.59. The highest BCUT2D eigenvalue weighted by Gasteiger charge is 2.30. The minimum absolute atomic E-state index is 0.00897. The molecular formula is C12H16N2O5. The van der Waals surface area contributed by atoms with Gasteiger partial charge in [-0.1, -0.05) is 6.07 Å². The molecule has 0 aliphatic carbocycles. The molecule has 0 aliphatic heterocycles. The number of phenolic OH excluding ortho intramolecular Hbond substituents is 1. The number of aliphatic hydroxyl groups is 1. The van der Waals surface area contributed by atoms with E-state index in [1.165, 1.54) is 24.1 Å². The number of nitrogens with zero attached hydrogens (tertiary/aromatic N) is 1. The fourth-order valence-electron chi connectivity index (χ4n) is 1.26. The van der Waals surface area contributed by atoms with E-state index in [4.69, 9.17) is 5.11 Å². The van der Waals surface area contributed by atoms with E-state index in [0.717, 1.165) is 6.92 Å². The molecule has 0 bridgehead atoms. The summed E-state index contributed by atoms with van der Waals surface area (Å²) in [5, 5.41) is 29.8. The van der Waals surface area contributed by atoms with Crippen LogP contribution >= 0.6 is 0 Å². The van der Waals surface area contributed by atoms with Crippen molar-refractivity contribution in [3.63, 3.8) is 0 Å². The number of rotatable bonds is 4. The van der Waals surface area contributed by atoms with Gasteiger partial charge in [0.25, 0.3) is 0 Å². The first-order chi connectivity index (χ1) is 8.74. The average molecular weight is 268 g/mol. The van der Waals surface area contributed by atoms with Crippen LogP contribution in [0.15, 0.2) is 24.3 Å². The number of hydrogen-bond donors (Lipinski definition) is 4. The number of phenols is 1. The molecule has 7 heteroatoms. The Labute approximate surface area is 110 Å². The van der Waals surface area contributed by atoms with Crippen molar-refractivity contribution < 1.29 is 24.9 Å². The van der Waals surface area contributed by atoms with Crippen LogP contribution in [0.25, 0.3) is 0 Å². The Balaban J connectivity index is 2.66. The van der Waals surface area contributed by atoms with Gasteiger partial charge >= 0.3 is 12.0 Å². The first-order valence-corrected chi connectivity index (χ1v) is 5.50. The van der Waals surface area contributed by atoms with Gasteiger partial charge in [0.05, 0.1) is 6.54 Å². The zero-order valence-corrected chi connectivity index (χ0v) is 10.6. The molecule has 4 N–H and O–H groups in total. The van der Waals surface area contributed by atoms with Gasteiger partial charge < -0.3 is 20.6 Å². The van der Waals surface area contributed by atoms with Crippen LogP contribution in [0.5, 0.6) is 5.75 Å². The maximum atomic E-state index is 11.8. The molecule has 19 heavy (non-hydrogen) atoms. The molecule has 0 aliphatic rings. The zero-order valence-electron chi connectivity index (χ0n) is 10.6. The van der Waals surface area contributed by atoms with Crippen molar-refractivity contribution in [1.29, 1.82) is 0 Å². The van der Waals surface area contributed by atoms with Crippen LogP contribution in [-0.4, -0.2) is 46.5 Å². The maximum absolute atomic E-state index is 11.8. The number of carbonyl (C=O) groups is 2. The van der Waals surface area contributed by atoms with E-state index in [-0.39, 0.29) is 5.75 Å². The monoisotopic (exact) mass is 268 g/mol. The second kappa shape index (κ2) is 5.57. The molecule has 1 unspecified atom stereocenters. The highest BCUT2D eigenvalue weighted by molar-refractivity contribution is 5.92. The Kier molecular flexibility index (Phi) is 4.34. The molecule has 2 amide bonds. The quantitative estimate of drug-likeness (QED) is 0.630. The smallest absolute Gasteiger partial charge is 0.337 e. The molecule has 0 heterocycles. The van der Waals surface area contributed by atoms with Crippen molar-refractivity contribution in [2.45, 2.75) is 12.5 Å². The maximum Gasteiger partial charge on any atom is 0.337 e. The standard InChI is InChI=1S/C12H16N2O5/c1-12(19,10(16)17)7-13-11(18)14(2)8-4-3-5-9(15)6-8/h3-6,15,19H,7H2,1-2H3,(H,13,18)(H,16,17). The molecule has 0 aromatic heterocycles. The van der Waals surface area contributed by atoms with Gasteiger partial charge in [-0.25, -0.2) is 9.59 Å². The second-order valence-electron chi connectivity index (χ2n) is 4.32. The molecule has 1 aromatic rings. The number of aromatic hydroxyl groups is 1. The number of hydrogen-bond acceptors (Lipinski definition) is 4. The third-order valence-corrected chi connectivity index (χ3v) is 2.57. The minimum atomic E-state index is -2.03. The summed E-state index contributed by atoms with van der Waals surface area (Å²) in [4.78, 5) is 23.6. The summed E-state index contributed by atoms with van der Waals surface area (Å²) in [5.74, 6) is -1.41. The minimum Gasteiger partial charge on any atom is -0.508 e. The molecule has 0 saturated carbocycles. The predicted molar refractivity (Wildman–Crippen MR) is 68.2 cm³/mol. The highest BCUT2D eigenvalue weighted by Crippen LogP contribution is 2.18. The molecule has 0 radical (unpaired) electrons. The number of nitrogens with one attached hydrogen (secondary N) is 1. The Morgan fingerprint density at radius 1 is 1.42 bits per heavy atom. The van der Waals surface area contributed by atoms with E-state index in [0.29, 0.717) is 5.69 Å². The van der Waals surface area contributed by atoms with Crippen molar-refractivity contribution >= 4 is 17.7 Å². The summed E-state index contributed by atoms with van der Waals surface area (Å²) < 4.78 is 0. The van der Waals surface area contributed by atoms with Crippen LogP contribution in [0, 0.1) is 0 Å². The van der Waals surface area contributed by atoms with Gasteiger partial charge in [-0.2, -0.15) is 0 Å². The first-order valence-electron chi connectivity index (χ1n) is 5.50. The Morgan fingerprint density at radius 3 is 2.58 bits per heavy atom. The number of carboxylic acid groups (broad SMARTS) is 1. The lowest BCUT2D eigenvalue weighted by atomic mass is 10.1. The molecule has 0 fully saturated rings. The van der Waals surface area contributed by atoms with E-state index in [1.54, 1.807) is 12.1 Å². The molecule has 1 atom stereocenters. The van der Waals surface area contributed by atoms with Gasteiger partial charge in [0, 0.05) is 18.8 Å². The number of carboxylic acids is 1. The van der Waals surface area contributed by atoms with E-state index in [9.17, 15) is 19.8 Å². The summed E-state index contributed by atoms with van der Waals surface area (Å²) in [6.45, 7) is 0.661. The lowest BCUT2D eigenvalue weighted by Gasteiger charge is -2.22. The van der Waals surface area contributed by atoms with Crippen LogP contribution in [0.4, 0.5) is 10.5 Å². The fourth-order valence-corrected chi connectivity index (χ4v) is 1.26. The number of benzene rings is 1. The van der Waals surface area contributed by atoms with E-state index < -0.39 is 24.1 Å². The summed E-state index contributed by atoms with van der Waals surface area (Å²) in [6, 6.07) is 5.43. The van der Waals surface area contributed by atoms with Crippen molar-refractivity contribution in [2.75, 3.05) is 18.5 Å². The number of aliphatic carboxylic acids is 1. The van der Waals surface area contributed by atoms with Crippen LogP contribution in [0.3, 0.4) is 0 Å². The largest absolute Gasteiger partial charge is 0.508 e. The summed E-state index contributed by atoms with van der Waals surface area (Å²) >= 11 is 0. The van der Waals surface area contributed by atoms with Gasteiger partial charge in [-0.15, -0.1) is 0 Å². The van der Waals surface area contributed by atoms with Crippen LogP contribution in [-0.2, 0) is 4.79 Å². The lowest BCUT2D eigenvalue weighted by Crippen LogP contribution is -2.49. The molecule has 7 nitrogen and oxygen atoms in total. The zero-order chi connectivity index (χ0) is 14.6. The van der Waals surface area contributed by atoms with Crippen LogP contribution < -0.4 is 10.2 Å². The highest BCUT2D eigenvalue weighted by atomic mass is 16.4. The fraction of sp³-hybridized carbons (Fsp3) is 0.333. The lowest BCUT2D eigenvalue weighted by molar-refractivity contribution is -0.155. The van der Waals surface area contributed by atoms with E-state index in [1.807, 2.05) is 0 Å². The Hall–Kier alpha value is -2.28. The topological polar surface area (TPSA) is 110 Å². The molecular weight excluding hydrogens is 252 g/mol. The van der Waals surface area contributed by atoms with Crippen LogP contribution in [0.2, 0.25) is 0 Å². The van der Waals surface area contributed by atoms with Gasteiger partial charge in [0.15, 0.2) is 5.60 Å². The summed E-state index contributed by atoms with van der Waals surface area (Å²) in [6.07, 6.45) is 0. The number of anilines is 1. The second-order valence-corrected chi connectivity index (χ2v) is 4.32. The van der Waals surface area contributed by atoms with E-state index >= 15 is 0 Å². The number of urea groups is 1. The Bertz CT molecular complexity index is 487. The molecule has 0 saturated heterocycles. The van der Waals surface area contributed by atoms with Gasteiger partial charge in [-0.3, -0.25) is 4.90 Å². The normalized spacial score (nSPS) is 13.4. The summed E-state index contributed by atoms with van der Waals surface area (Å²) in [7, 11) is 1.46. The van der Waals surface area contributed by atoms with Gasteiger partial charge in [0.2, 0.25) is 0 Å². The number of carbonyl (C=O) groups excluding carboxylic acids is 1. The molecule has 104 valence electrons. The van der Waals surface area contributed by atoms with Gasteiger partial charge in [0.1, 0.15) is 5.75 Å². The molecule has 1 aromatic carbocycles.